The molecule has 0 spiro atoms. The van der Waals surface area contributed by atoms with Crippen LogP contribution in [0.25, 0.3) is 0 Å². The summed E-state index contributed by atoms with van der Waals surface area (Å²) in [5.41, 5.74) is 21.3. The molecule has 0 unspecified atom stereocenters. The largest absolute Gasteiger partial charge is 0.481 e. The lowest BCUT2D eigenvalue weighted by Crippen LogP contribution is -2.57. The average Bonchev–Trinajstić information content (AvgIpc) is 2.77. The first-order valence-electron chi connectivity index (χ1n) is 10.9. The van der Waals surface area contributed by atoms with Crippen LogP contribution in [0.5, 0.6) is 0 Å². The standard InChI is InChI=1S/C20H34N7O8/c21-8-2-1-3-12(22)18(33)27-14(9-16(24)30)20(35)26-13(5-7-17(31)32)19(34)25-11(10-28)4-6-15(23)29/h11-14H,1-9,21-22H2,(H2,23,29)(H2,24,30)(H,25,34)(H,26,35)(H,27,33)(H,31,32)/t11-,12-,13-,14-/m0/s1. The van der Waals surface area contributed by atoms with Gasteiger partial charge in [-0.1, -0.05) is 6.42 Å². The first kappa shape index (κ1) is 31.4. The second-order valence-electron chi connectivity index (χ2n) is 7.80. The first-order chi connectivity index (χ1) is 16.4. The highest BCUT2D eigenvalue weighted by molar-refractivity contribution is 5.96. The fourth-order valence-corrected chi connectivity index (χ4v) is 2.86. The minimum Gasteiger partial charge on any atom is -0.481 e. The summed E-state index contributed by atoms with van der Waals surface area (Å²) in [4.78, 5) is 82.1. The summed E-state index contributed by atoms with van der Waals surface area (Å²) < 4.78 is 0. The lowest BCUT2D eigenvalue weighted by molar-refractivity contribution is -0.138. The first-order valence-corrected chi connectivity index (χ1v) is 10.9. The molecule has 0 rings (SSSR count). The van der Waals surface area contributed by atoms with Crippen LogP contribution in [0.2, 0.25) is 0 Å². The fourth-order valence-electron chi connectivity index (χ4n) is 2.86. The predicted octanol–water partition coefficient (Wildman–Crippen LogP) is -3.99. The summed E-state index contributed by atoms with van der Waals surface area (Å²) in [7, 11) is 0. The number of nitrogens with two attached hydrogens (primary N) is 4. The van der Waals surface area contributed by atoms with E-state index < -0.39 is 72.5 Å². The van der Waals surface area contributed by atoms with Gasteiger partial charge in [0.05, 0.1) is 18.5 Å². The molecule has 15 heteroatoms. The Hall–Kier alpha value is -3.59. The molecular formula is C20H34N7O8. The van der Waals surface area contributed by atoms with Crippen LogP contribution in [-0.2, 0) is 33.6 Å². The van der Waals surface area contributed by atoms with E-state index in [2.05, 4.69) is 16.0 Å². The van der Waals surface area contributed by atoms with Crippen molar-refractivity contribution in [3.05, 3.63) is 0 Å². The van der Waals surface area contributed by atoms with Gasteiger partial charge in [-0.15, -0.1) is 0 Å². The van der Waals surface area contributed by atoms with Gasteiger partial charge in [-0.25, -0.2) is 0 Å². The minimum absolute atomic E-state index is 0.160. The van der Waals surface area contributed by atoms with Gasteiger partial charge in [-0.05, 0) is 32.2 Å². The van der Waals surface area contributed by atoms with E-state index in [0.29, 0.717) is 19.4 Å². The molecule has 0 aromatic heterocycles. The van der Waals surface area contributed by atoms with Crippen LogP contribution in [0, 0.1) is 0 Å². The maximum atomic E-state index is 12.8. The molecule has 0 aliphatic carbocycles. The molecule has 0 heterocycles. The van der Waals surface area contributed by atoms with Gasteiger partial charge < -0.3 is 44.0 Å². The molecule has 0 fully saturated rings. The highest BCUT2D eigenvalue weighted by atomic mass is 16.4. The van der Waals surface area contributed by atoms with E-state index in [1.54, 1.807) is 0 Å². The van der Waals surface area contributed by atoms with Crippen LogP contribution in [0.4, 0.5) is 0 Å². The van der Waals surface area contributed by atoms with Crippen molar-refractivity contribution in [2.24, 2.45) is 22.9 Å². The molecule has 12 N–H and O–H groups in total. The average molecular weight is 501 g/mol. The molecule has 0 aliphatic heterocycles. The van der Waals surface area contributed by atoms with E-state index in [1.165, 1.54) is 6.29 Å². The molecule has 5 amide bonds. The number of unbranched alkanes of at least 4 members (excludes halogenated alkanes) is 1. The van der Waals surface area contributed by atoms with Gasteiger partial charge in [-0.3, -0.25) is 33.6 Å². The number of primary amides is 2. The van der Waals surface area contributed by atoms with Gasteiger partial charge in [0.1, 0.15) is 12.1 Å². The zero-order valence-corrected chi connectivity index (χ0v) is 19.3. The molecule has 0 saturated carbocycles. The maximum Gasteiger partial charge on any atom is 0.303 e. The third kappa shape index (κ3) is 14.3. The molecular weight excluding hydrogens is 466 g/mol. The predicted molar refractivity (Wildman–Crippen MR) is 121 cm³/mol. The zero-order valence-electron chi connectivity index (χ0n) is 19.3. The molecule has 0 aromatic carbocycles. The zero-order chi connectivity index (χ0) is 27.0. The monoisotopic (exact) mass is 500 g/mol. The van der Waals surface area contributed by atoms with E-state index in [1.807, 2.05) is 0 Å². The van der Waals surface area contributed by atoms with Gasteiger partial charge >= 0.3 is 5.97 Å². The molecule has 0 saturated heterocycles. The Balaban J connectivity index is 5.43. The van der Waals surface area contributed by atoms with Crippen LogP contribution in [0.1, 0.15) is 51.4 Å². The number of carboxylic acid groups (broad SMARTS) is 1. The van der Waals surface area contributed by atoms with Crippen molar-refractivity contribution < 1.29 is 38.7 Å². The smallest absolute Gasteiger partial charge is 0.303 e. The van der Waals surface area contributed by atoms with Crippen LogP contribution >= 0.6 is 0 Å². The molecule has 0 bridgehead atoms. The van der Waals surface area contributed by atoms with Gasteiger partial charge in [-0.2, -0.15) is 0 Å². The van der Waals surface area contributed by atoms with E-state index in [9.17, 15) is 33.6 Å². The summed E-state index contributed by atoms with van der Waals surface area (Å²) in [5.74, 6) is -5.61. The van der Waals surface area contributed by atoms with Crippen molar-refractivity contribution in [2.45, 2.75) is 75.5 Å². The van der Waals surface area contributed by atoms with Gasteiger partial charge in [0.25, 0.3) is 0 Å². The summed E-state index contributed by atoms with van der Waals surface area (Å²) in [5, 5.41) is 15.7. The van der Waals surface area contributed by atoms with Crippen LogP contribution < -0.4 is 38.9 Å². The number of hydrogen-bond acceptors (Lipinski definition) is 9. The number of hydrogen-bond donors (Lipinski definition) is 8. The molecule has 0 aromatic rings. The summed E-state index contributed by atoms with van der Waals surface area (Å²) in [6.07, 6.45) is 1.04. The van der Waals surface area contributed by atoms with Crippen molar-refractivity contribution in [2.75, 3.05) is 6.54 Å². The Kier molecular flexibility index (Phi) is 15.2. The van der Waals surface area contributed by atoms with Crippen LogP contribution in [-0.4, -0.2) is 77.6 Å². The Morgan fingerprint density at radius 1 is 0.771 bits per heavy atom. The lowest BCUT2D eigenvalue weighted by Gasteiger charge is -2.24. The van der Waals surface area contributed by atoms with Crippen molar-refractivity contribution in [1.29, 1.82) is 0 Å². The second kappa shape index (κ2) is 16.9. The van der Waals surface area contributed by atoms with Crippen molar-refractivity contribution in [3.63, 3.8) is 0 Å². The Bertz CT molecular complexity index is 777. The third-order valence-electron chi connectivity index (χ3n) is 4.76. The summed E-state index contributed by atoms with van der Waals surface area (Å²) in [6, 6.07) is -5.20. The maximum absolute atomic E-state index is 12.8. The molecule has 0 aliphatic rings. The number of rotatable bonds is 19. The van der Waals surface area contributed by atoms with E-state index in [0.717, 1.165) is 0 Å². The Morgan fingerprint density at radius 2 is 1.37 bits per heavy atom. The molecule has 197 valence electrons. The Morgan fingerprint density at radius 3 is 1.89 bits per heavy atom. The molecule has 1 radical (unpaired) electrons. The van der Waals surface area contributed by atoms with Crippen molar-refractivity contribution in [3.8, 4) is 0 Å². The number of carbonyl (C=O) groups is 6. The van der Waals surface area contributed by atoms with Crippen molar-refractivity contribution >= 4 is 41.8 Å². The number of aliphatic carboxylic acids is 1. The number of nitrogens with one attached hydrogen (secondary N) is 3. The molecule has 4 atom stereocenters. The summed E-state index contributed by atoms with van der Waals surface area (Å²) in [6.45, 7) is 0.409. The van der Waals surface area contributed by atoms with Crippen LogP contribution in [0.3, 0.4) is 0 Å². The Labute approximate surface area is 202 Å². The fraction of sp³-hybridized carbons (Fsp3) is 0.650. The molecule has 15 nitrogen and oxygen atoms in total. The van der Waals surface area contributed by atoms with Crippen LogP contribution in [0.15, 0.2) is 0 Å². The summed E-state index contributed by atoms with van der Waals surface area (Å²) >= 11 is 0. The number of amides is 5. The minimum atomic E-state index is -1.50. The lowest BCUT2D eigenvalue weighted by atomic mass is 10.1. The topological polar surface area (TPSA) is 280 Å². The van der Waals surface area contributed by atoms with Gasteiger partial charge in [0.15, 0.2) is 0 Å². The number of carboxylic acids is 1. The second-order valence-corrected chi connectivity index (χ2v) is 7.80. The normalized spacial score (nSPS) is 14.0. The number of carbonyl (C=O) groups excluding carboxylic acids is 6. The highest BCUT2D eigenvalue weighted by Crippen LogP contribution is 2.04. The quantitative estimate of drug-likeness (QED) is 0.0795. The highest BCUT2D eigenvalue weighted by Gasteiger charge is 2.30. The van der Waals surface area contributed by atoms with Gasteiger partial charge in [0.2, 0.25) is 35.8 Å². The van der Waals surface area contributed by atoms with Crippen molar-refractivity contribution in [1.82, 2.24) is 16.0 Å². The van der Waals surface area contributed by atoms with E-state index >= 15 is 0 Å². The van der Waals surface area contributed by atoms with E-state index in [-0.39, 0.29) is 25.7 Å². The van der Waals surface area contributed by atoms with E-state index in [4.69, 9.17) is 28.0 Å². The molecule has 35 heavy (non-hydrogen) atoms. The third-order valence-corrected chi connectivity index (χ3v) is 4.76. The van der Waals surface area contributed by atoms with Gasteiger partial charge in [0, 0.05) is 12.8 Å². The SMILES string of the molecule is NCCCC[C@H](N)C(=O)N[C@@H](CC(N)=O)C(=O)N[C@@H](CCC(=O)O)C(=O)N[C@H]([C]=O)CCC(N)=O.